The van der Waals surface area contributed by atoms with Gasteiger partial charge in [-0.3, -0.25) is 4.79 Å². The van der Waals surface area contributed by atoms with Crippen molar-refractivity contribution in [3.63, 3.8) is 0 Å². The predicted molar refractivity (Wildman–Crippen MR) is 123 cm³/mol. The summed E-state index contributed by atoms with van der Waals surface area (Å²) >= 11 is 1.50. The summed E-state index contributed by atoms with van der Waals surface area (Å²) in [6, 6.07) is 22.5. The molecule has 0 saturated heterocycles. The van der Waals surface area contributed by atoms with E-state index in [0.717, 1.165) is 9.79 Å². The number of carbonyl (C=O) groups excluding carboxylic acids is 2. The molecule has 0 aliphatic heterocycles. The molecule has 0 atom stereocenters. The van der Waals surface area contributed by atoms with Gasteiger partial charge in [0.1, 0.15) is 0 Å². The fourth-order valence-electron chi connectivity index (χ4n) is 2.74. The minimum absolute atomic E-state index is 0.0387. The molecule has 2 N–H and O–H groups in total. The van der Waals surface area contributed by atoms with Gasteiger partial charge in [0.2, 0.25) is 10.0 Å². The Morgan fingerprint density at radius 2 is 1.66 bits per heavy atom. The molecule has 3 rings (SSSR count). The first-order valence-corrected chi connectivity index (χ1v) is 12.1. The molecule has 0 unspecified atom stereocenters. The van der Waals surface area contributed by atoms with Gasteiger partial charge in [-0.05, 0) is 42.5 Å². The molecule has 0 spiro atoms. The molecule has 9 heteroatoms. The highest BCUT2D eigenvalue weighted by molar-refractivity contribution is 7.99. The summed E-state index contributed by atoms with van der Waals surface area (Å²) < 4.78 is 31.7. The highest BCUT2D eigenvalue weighted by Crippen LogP contribution is 2.33. The van der Waals surface area contributed by atoms with E-state index in [-0.39, 0.29) is 17.0 Å². The van der Waals surface area contributed by atoms with Gasteiger partial charge in [0.25, 0.3) is 5.91 Å². The maximum atomic E-state index is 12.4. The molecule has 32 heavy (non-hydrogen) atoms. The van der Waals surface area contributed by atoms with Gasteiger partial charge in [-0.2, -0.15) is 0 Å². The van der Waals surface area contributed by atoms with E-state index < -0.39 is 28.5 Å². The Morgan fingerprint density at radius 1 is 0.938 bits per heavy atom. The van der Waals surface area contributed by atoms with Gasteiger partial charge in [-0.25, -0.2) is 17.9 Å². The molecule has 0 saturated carbocycles. The minimum Gasteiger partial charge on any atom is -0.452 e. The number of esters is 1. The van der Waals surface area contributed by atoms with Crippen LogP contribution in [0.15, 0.2) is 93.5 Å². The van der Waals surface area contributed by atoms with E-state index in [1.807, 2.05) is 42.5 Å². The number of sulfonamides is 1. The number of rotatable bonds is 9. The SMILES string of the molecule is CCNS(=O)(=O)c1cccc(C(=O)OCC(=O)Nc2ccccc2Sc2ccccc2)c1. The Morgan fingerprint density at radius 3 is 2.41 bits per heavy atom. The molecule has 0 aliphatic rings. The van der Waals surface area contributed by atoms with Crippen molar-refractivity contribution in [3.8, 4) is 0 Å². The zero-order chi connectivity index (χ0) is 23.0. The number of hydrogen-bond donors (Lipinski definition) is 2. The van der Waals surface area contributed by atoms with Gasteiger partial charge in [0.05, 0.1) is 16.1 Å². The Hall–Kier alpha value is -3.14. The first-order chi connectivity index (χ1) is 15.4. The summed E-state index contributed by atoms with van der Waals surface area (Å²) in [7, 11) is -3.71. The fraction of sp³-hybridized carbons (Fsp3) is 0.130. The standard InChI is InChI=1S/C23H22N2O5S2/c1-2-24-32(28,29)19-12-8-9-17(15-19)23(27)30-16-22(26)25-20-13-6-7-14-21(20)31-18-10-4-3-5-11-18/h3-15,24H,2,16H2,1H3,(H,25,26). The van der Waals surface area contributed by atoms with Crippen molar-refractivity contribution in [2.45, 2.75) is 21.6 Å². The summed E-state index contributed by atoms with van der Waals surface area (Å²) in [5.41, 5.74) is 0.637. The average Bonchev–Trinajstić information content (AvgIpc) is 2.79. The van der Waals surface area contributed by atoms with Crippen molar-refractivity contribution in [3.05, 3.63) is 84.4 Å². The Kier molecular flexibility index (Phi) is 8.04. The molecule has 1 amide bonds. The van der Waals surface area contributed by atoms with Crippen LogP contribution in [0, 0.1) is 0 Å². The second kappa shape index (κ2) is 10.9. The van der Waals surface area contributed by atoms with E-state index in [1.54, 1.807) is 19.1 Å². The average molecular weight is 471 g/mol. The number of anilines is 1. The molecule has 0 aliphatic carbocycles. The first kappa shape index (κ1) is 23.5. The smallest absolute Gasteiger partial charge is 0.338 e. The molecule has 0 aromatic heterocycles. The van der Waals surface area contributed by atoms with Gasteiger partial charge in [-0.15, -0.1) is 0 Å². The molecular weight excluding hydrogens is 448 g/mol. The summed E-state index contributed by atoms with van der Waals surface area (Å²) in [4.78, 5) is 26.5. The van der Waals surface area contributed by atoms with Gasteiger partial charge in [0.15, 0.2) is 6.61 Å². The minimum atomic E-state index is -3.71. The van der Waals surface area contributed by atoms with Gasteiger partial charge in [0, 0.05) is 16.3 Å². The number of nitrogens with one attached hydrogen (secondary N) is 2. The Labute approximate surface area is 191 Å². The van der Waals surface area contributed by atoms with Gasteiger partial charge in [-0.1, -0.05) is 55.1 Å². The van der Waals surface area contributed by atoms with Crippen molar-refractivity contribution in [2.75, 3.05) is 18.5 Å². The maximum Gasteiger partial charge on any atom is 0.338 e. The number of carbonyl (C=O) groups is 2. The summed E-state index contributed by atoms with van der Waals surface area (Å²) in [5.74, 6) is -1.29. The maximum absolute atomic E-state index is 12.4. The lowest BCUT2D eigenvalue weighted by Gasteiger charge is -2.11. The molecule has 3 aromatic rings. The van der Waals surface area contributed by atoms with E-state index >= 15 is 0 Å². The van der Waals surface area contributed by atoms with Crippen molar-refractivity contribution in [1.29, 1.82) is 0 Å². The third-order valence-electron chi connectivity index (χ3n) is 4.18. The first-order valence-electron chi connectivity index (χ1n) is 9.77. The van der Waals surface area contributed by atoms with E-state index in [4.69, 9.17) is 4.74 Å². The second-order valence-corrected chi connectivity index (χ2v) is 9.45. The molecule has 0 heterocycles. The van der Waals surface area contributed by atoms with E-state index in [1.165, 1.54) is 36.0 Å². The van der Waals surface area contributed by atoms with Crippen LogP contribution in [-0.2, 0) is 19.6 Å². The highest BCUT2D eigenvalue weighted by atomic mass is 32.2. The van der Waals surface area contributed by atoms with Crippen molar-refractivity contribution in [2.24, 2.45) is 0 Å². The Bertz CT molecular complexity index is 1200. The summed E-state index contributed by atoms with van der Waals surface area (Å²) in [5, 5.41) is 2.75. The van der Waals surface area contributed by atoms with Crippen molar-refractivity contribution in [1.82, 2.24) is 4.72 Å². The largest absolute Gasteiger partial charge is 0.452 e. The second-order valence-electron chi connectivity index (χ2n) is 6.56. The summed E-state index contributed by atoms with van der Waals surface area (Å²) in [6.45, 7) is 1.37. The third-order valence-corrected chi connectivity index (χ3v) is 6.81. The third kappa shape index (κ3) is 6.43. The van der Waals surface area contributed by atoms with Crippen molar-refractivity contribution >= 4 is 39.3 Å². The van der Waals surface area contributed by atoms with Crippen molar-refractivity contribution < 1.29 is 22.7 Å². The fourth-order valence-corrected chi connectivity index (χ4v) is 4.75. The molecule has 166 valence electrons. The van der Waals surface area contributed by atoms with E-state index in [0.29, 0.717) is 5.69 Å². The van der Waals surface area contributed by atoms with Crippen LogP contribution in [0.1, 0.15) is 17.3 Å². The van der Waals surface area contributed by atoms with Crippen LogP contribution in [0.4, 0.5) is 5.69 Å². The van der Waals surface area contributed by atoms with Crippen LogP contribution in [0.2, 0.25) is 0 Å². The molecule has 3 aromatic carbocycles. The molecule has 0 bridgehead atoms. The van der Waals surface area contributed by atoms with Crippen LogP contribution >= 0.6 is 11.8 Å². The Balaban J connectivity index is 1.62. The number of amides is 1. The quantitative estimate of drug-likeness (QED) is 0.460. The lowest BCUT2D eigenvalue weighted by Crippen LogP contribution is -2.24. The zero-order valence-electron chi connectivity index (χ0n) is 17.3. The van der Waals surface area contributed by atoms with Crippen LogP contribution in [-0.4, -0.2) is 33.4 Å². The van der Waals surface area contributed by atoms with Crippen LogP contribution in [0.3, 0.4) is 0 Å². The lowest BCUT2D eigenvalue weighted by atomic mass is 10.2. The van der Waals surface area contributed by atoms with Gasteiger partial charge >= 0.3 is 5.97 Å². The molecule has 0 radical (unpaired) electrons. The zero-order valence-corrected chi connectivity index (χ0v) is 18.9. The number of para-hydroxylation sites is 1. The van der Waals surface area contributed by atoms with Crippen LogP contribution in [0.25, 0.3) is 0 Å². The number of ether oxygens (including phenoxy) is 1. The monoisotopic (exact) mass is 470 g/mol. The van der Waals surface area contributed by atoms with Crippen LogP contribution < -0.4 is 10.0 Å². The number of benzene rings is 3. The lowest BCUT2D eigenvalue weighted by molar-refractivity contribution is -0.119. The highest BCUT2D eigenvalue weighted by Gasteiger charge is 2.17. The molecular formula is C23H22N2O5S2. The van der Waals surface area contributed by atoms with E-state index in [9.17, 15) is 18.0 Å². The van der Waals surface area contributed by atoms with Gasteiger partial charge < -0.3 is 10.1 Å². The molecule has 0 fully saturated rings. The summed E-state index contributed by atoms with van der Waals surface area (Å²) in [6.07, 6.45) is 0. The van der Waals surface area contributed by atoms with Crippen LogP contribution in [0.5, 0.6) is 0 Å². The predicted octanol–water partition coefficient (Wildman–Crippen LogP) is 3.93. The number of hydrogen-bond acceptors (Lipinski definition) is 6. The van der Waals surface area contributed by atoms with E-state index in [2.05, 4.69) is 10.0 Å². The molecule has 7 nitrogen and oxygen atoms in total. The normalized spacial score (nSPS) is 11.0. The topological polar surface area (TPSA) is 102 Å².